The molecule has 0 radical (unpaired) electrons. The molecule has 3 heteroatoms. The Labute approximate surface area is 59.6 Å². The minimum absolute atomic E-state index is 0.249. The topological polar surface area (TPSA) is 21.3 Å². The van der Waals surface area contributed by atoms with Crippen molar-refractivity contribution in [3.63, 3.8) is 0 Å². The van der Waals surface area contributed by atoms with Gasteiger partial charge in [-0.15, -0.1) is 0 Å². The smallest absolute Gasteiger partial charge is 0.108 e. The summed E-state index contributed by atoms with van der Waals surface area (Å²) in [5.41, 5.74) is 0. The molecular weight excluding hydrogens is 134 g/mol. The lowest BCUT2D eigenvalue weighted by Gasteiger charge is -2.22. The van der Waals surface area contributed by atoms with Crippen LogP contribution in [-0.4, -0.2) is 23.7 Å². The van der Waals surface area contributed by atoms with E-state index in [0.717, 1.165) is 18.0 Å². The summed E-state index contributed by atoms with van der Waals surface area (Å²) in [5.74, 6) is 0. The summed E-state index contributed by atoms with van der Waals surface area (Å²) in [5, 5.41) is 3.15. The van der Waals surface area contributed by atoms with Gasteiger partial charge in [0.05, 0.1) is 6.10 Å². The Morgan fingerprint density at radius 1 is 1.56 bits per heavy atom. The van der Waals surface area contributed by atoms with Crippen LogP contribution in [0.1, 0.15) is 12.8 Å². The average molecular weight is 143 g/mol. The van der Waals surface area contributed by atoms with Gasteiger partial charge in [0.1, 0.15) is 11.1 Å². The molecule has 2 atom stereocenters. The zero-order chi connectivity index (χ0) is 6.27. The number of morpholine rings is 1. The van der Waals surface area contributed by atoms with Crippen LogP contribution in [0, 0.1) is 0 Å². The second kappa shape index (κ2) is 1.92. The number of hydrogen-bond acceptors (Lipinski definition) is 2. The molecular formula is C6H9NOS. The Hall–Kier alpha value is -0.150. The minimum Gasteiger partial charge on any atom is -0.375 e. The first-order valence-electron chi connectivity index (χ1n) is 3.29. The number of hydrogen-bond donors (Lipinski definition) is 1. The van der Waals surface area contributed by atoms with E-state index >= 15 is 0 Å². The Balaban J connectivity index is 2.14. The van der Waals surface area contributed by atoms with Crippen LogP contribution >= 0.6 is 12.2 Å². The van der Waals surface area contributed by atoms with E-state index in [-0.39, 0.29) is 6.10 Å². The molecule has 2 fully saturated rings. The van der Waals surface area contributed by atoms with Gasteiger partial charge in [0, 0.05) is 6.54 Å². The molecule has 2 nitrogen and oxygen atoms in total. The van der Waals surface area contributed by atoms with Gasteiger partial charge in [-0.1, -0.05) is 12.2 Å². The van der Waals surface area contributed by atoms with Crippen LogP contribution < -0.4 is 5.32 Å². The van der Waals surface area contributed by atoms with Gasteiger partial charge in [0.25, 0.3) is 0 Å². The van der Waals surface area contributed by atoms with Crippen molar-refractivity contribution in [2.24, 2.45) is 0 Å². The molecule has 2 heterocycles. The van der Waals surface area contributed by atoms with Crippen LogP contribution in [0.5, 0.6) is 0 Å². The summed E-state index contributed by atoms with van der Waals surface area (Å²) < 4.78 is 5.51. The summed E-state index contributed by atoms with van der Waals surface area (Å²) in [6.07, 6.45) is 2.99. The molecule has 0 aliphatic carbocycles. The van der Waals surface area contributed by atoms with Crippen molar-refractivity contribution in [2.45, 2.75) is 25.0 Å². The summed E-state index contributed by atoms with van der Waals surface area (Å²) >= 11 is 5.02. The van der Waals surface area contributed by atoms with Crippen LogP contribution in [0.15, 0.2) is 0 Å². The fraction of sp³-hybridized carbons (Fsp3) is 0.833. The molecule has 2 bridgehead atoms. The third-order valence-electron chi connectivity index (χ3n) is 1.90. The molecule has 2 aliphatic rings. The van der Waals surface area contributed by atoms with Gasteiger partial charge in [-0.25, -0.2) is 0 Å². The molecule has 0 spiro atoms. The first kappa shape index (κ1) is 5.62. The molecule has 9 heavy (non-hydrogen) atoms. The first-order valence-corrected chi connectivity index (χ1v) is 3.70. The van der Waals surface area contributed by atoms with Crippen molar-refractivity contribution in [3.8, 4) is 0 Å². The predicted octanol–water partition coefficient (Wildman–Crippen LogP) is 0.465. The average Bonchev–Trinajstić information content (AvgIpc) is 2.25. The first-order chi connectivity index (χ1) is 4.36. The van der Waals surface area contributed by atoms with Gasteiger partial charge in [0.15, 0.2) is 0 Å². The van der Waals surface area contributed by atoms with E-state index in [9.17, 15) is 0 Å². The van der Waals surface area contributed by atoms with Crippen molar-refractivity contribution >= 4 is 17.2 Å². The lowest BCUT2D eigenvalue weighted by Crippen LogP contribution is -2.42. The highest BCUT2D eigenvalue weighted by Gasteiger charge is 2.32. The maximum atomic E-state index is 5.51. The molecule has 0 amide bonds. The molecule has 50 valence electrons. The highest BCUT2D eigenvalue weighted by atomic mass is 32.1. The van der Waals surface area contributed by atoms with Crippen LogP contribution in [0.3, 0.4) is 0 Å². The molecule has 0 aromatic heterocycles. The number of ether oxygens (including phenoxy) is 1. The minimum atomic E-state index is 0.249. The van der Waals surface area contributed by atoms with E-state index in [4.69, 9.17) is 17.0 Å². The molecule has 0 aromatic rings. The number of nitrogens with one attached hydrogen (secondary N) is 1. The Morgan fingerprint density at radius 3 is 3.22 bits per heavy atom. The molecule has 0 unspecified atom stereocenters. The van der Waals surface area contributed by atoms with Crippen LogP contribution in [0.25, 0.3) is 0 Å². The van der Waals surface area contributed by atoms with E-state index in [1.165, 1.54) is 6.42 Å². The monoisotopic (exact) mass is 143 g/mol. The maximum absolute atomic E-state index is 5.51. The van der Waals surface area contributed by atoms with Crippen LogP contribution in [-0.2, 0) is 4.74 Å². The maximum Gasteiger partial charge on any atom is 0.108 e. The van der Waals surface area contributed by atoms with Gasteiger partial charge in [-0.05, 0) is 12.8 Å². The third kappa shape index (κ3) is 0.843. The second-order valence-electron chi connectivity index (χ2n) is 2.57. The van der Waals surface area contributed by atoms with Gasteiger partial charge >= 0.3 is 0 Å². The van der Waals surface area contributed by atoms with Crippen LogP contribution in [0.4, 0.5) is 0 Å². The molecule has 1 N–H and O–H groups in total. The van der Waals surface area contributed by atoms with E-state index in [1.54, 1.807) is 0 Å². The highest BCUT2D eigenvalue weighted by molar-refractivity contribution is 7.80. The lowest BCUT2D eigenvalue weighted by atomic mass is 10.2. The van der Waals surface area contributed by atoms with Crippen molar-refractivity contribution < 1.29 is 4.74 Å². The summed E-state index contributed by atoms with van der Waals surface area (Å²) in [6, 6.07) is 0. The third-order valence-corrected chi connectivity index (χ3v) is 2.31. The predicted molar refractivity (Wildman–Crippen MR) is 38.5 cm³/mol. The fourth-order valence-electron chi connectivity index (χ4n) is 1.38. The van der Waals surface area contributed by atoms with Gasteiger partial charge in [-0.3, -0.25) is 0 Å². The van der Waals surface area contributed by atoms with E-state index < -0.39 is 0 Å². The zero-order valence-electron chi connectivity index (χ0n) is 5.09. The Kier molecular flexibility index (Phi) is 1.20. The lowest BCUT2D eigenvalue weighted by molar-refractivity contribution is 0.0686. The SMILES string of the molecule is S=C1NC[C@H]2CC[C@H]1O2. The second-order valence-corrected chi connectivity index (χ2v) is 3.01. The quantitative estimate of drug-likeness (QED) is 0.498. The van der Waals surface area contributed by atoms with Crippen molar-refractivity contribution in [1.29, 1.82) is 0 Å². The highest BCUT2D eigenvalue weighted by Crippen LogP contribution is 2.22. The summed E-state index contributed by atoms with van der Waals surface area (Å²) in [4.78, 5) is 0.906. The standard InChI is InChI=1S/C6H9NOS/c9-6-5-2-1-4(8-5)3-7-6/h4-5H,1-3H2,(H,7,9)/t4-,5-/m1/s1. The van der Waals surface area contributed by atoms with Crippen molar-refractivity contribution in [2.75, 3.05) is 6.54 Å². The fourth-order valence-corrected chi connectivity index (χ4v) is 1.63. The van der Waals surface area contributed by atoms with E-state index in [0.29, 0.717) is 6.10 Å². The van der Waals surface area contributed by atoms with Gasteiger partial charge in [-0.2, -0.15) is 0 Å². The van der Waals surface area contributed by atoms with Crippen molar-refractivity contribution in [3.05, 3.63) is 0 Å². The molecule has 2 aliphatic heterocycles. The van der Waals surface area contributed by atoms with E-state index in [2.05, 4.69) is 5.32 Å². The number of thiocarbonyl (C=S) groups is 1. The summed E-state index contributed by atoms with van der Waals surface area (Å²) in [7, 11) is 0. The van der Waals surface area contributed by atoms with Gasteiger partial charge < -0.3 is 10.1 Å². The Morgan fingerprint density at radius 2 is 2.44 bits per heavy atom. The largest absolute Gasteiger partial charge is 0.375 e. The van der Waals surface area contributed by atoms with E-state index in [1.807, 2.05) is 0 Å². The van der Waals surface area contributed by atoms with Gasteiger partial charge in [0.2, 0.25) is 0 Å². The molecule has 0 aromatic carbocycles. The van der Waals surface area contributed by atoms with Crippen molar-refractivity contribution in [1.82, 2.24) is 5.32 Å². The summed E-state index contributed by atoms with van der Waals surface area (Å²) in [6.45, 7) is 0.926. The number of rotatable bonds is 0. The number of fused-ring (bicyclic) bond motifs is 2. The van der Waals surface area contributed by atoms with Crippen LogP contribution in [0.2, 0.25) is 0 Å². The zero-order valence-corrected chi connectivity index (χ0v) is 5.91. The molecule has 0 saturated carbocycles. The molecule has 2 rings (SSSR count). The Bertz CT molecular complexity index is 148. The molecule has 2 saturated heterocycles. The normalized spacial score (nSPS) is 40.7.